The standard InChI is InChI=1S/C16H26ClN/c1-4-18-12-15(9-5-7-13(2)3)14-8-6-10-16(17)11-14/h6,8,10-11,13,15,18H,4-5,7,9,12H2,1-3H3. The molecular formula is C16H26ClN. The minimum absolute atomic E-state index is 0.586. The van der Waals surface area contributed by atoms with Crippen molar-refractivity contribution in [3.8, 4) is 0 Å². The second-order valence-electron chi connectivity index (χ2n) is 5.38. The minimum atomic E-state index is 0.586. The van der Waals surface area contributed by atoms with Gasteiger partial charge in [0.15, 0.2) is 0 Å². The number of benzene rings is 1. The fourth-order valence-corrected chi connectivity index (χ4v) is 2.44. The third-order valence-corrected chi connectivity index (χ3v) is 3.53. The van der Waals surface area contributed by atoms with Crippen LogP contribution in [-0.2, 0) is 0 Å². The van der Waals surface area contributed by atoms with E-state index in [2.05, 4.69) is 44.3 Å². The molecule has 0 aliphatic rings. The number of hydrogen-bond acceptors (Lipinski definition) is 1. The van der Waals surface area contributed by atoms with E-state index in [0.29, 0.717) is 5.92 Å². The lowest BCUT2D eigenvalue weighted by atomic mass is 9.92. The lowest BCUT2D eigenvalue weighted by Gasteiger charge is -2.18. The van der Waals surface area contributed by atoms with Crippen LogP contribution in [0.25, 0.3) is 0 Å². The molecule has 0 fully saturated rings. The van der Waals surface area contributed by atoms with Gasteiger partial charge in [-0.3, -0.25) is 0 Å². The van der Waals surface area contributed by atoms with Gasteiger partial charge in [-0.05, 0) is 42.5 Å². The van der Waals surface area contributed by atoms with Gasteiger partial charge in [-0.2, -0.15) is 0 Å². The minimum Gasteiger partial charge on any atom is -0.316 e. The molecule has 18 heavy (non-hydrogen) atoms. The highest BCUT2D eigenvalue weighted by Crippen LogP contribution is 2.25. The third kappa shape index (κ3) is 5.88. The zero-order valence-corrected chi connectivity index (χ0v) is 12.6. The first kappa shape index (κ1) is 15.5. The number of rotatable bonds is 8. The number of likely N-dealkylation sites (N-methyl/N-ethyl adjacent to an activating group) is 1. The van der Waals surface area contributed by atoms with E-state index < -0.39 is 0 Å². The molecule has 0 saturated carbocycles. The molecule has 0 spiro atoms. The molecule has 1 aromatic rings. The Kier molecular flexibility index (Phi) is 7.38. The smallest absolute Gasteiger partial charge is 0.0408 e. The highest BCUT2D eigenvalue weighted by atomic mass is 35.5. The van der Waals surface area contributed by atoms with E-state index in [4.69, 9.17) is 11.6 Å². The molecule has 0 heterocycles. The molecule has 1 aromatic carbocycles. The molecule has 1 N–H and O–H groups in total. The molecule has 0 radical (unpaired) electrons. The summed E-state index contributed by atoms with van der Waals surface area (Å²) in [7, 11) is 0. The average Bonchev–Trinajstić information content (AvgIpc) is 2.33. The van der Waals surface area contributed by atoms with Gasteiger partial charge in [0.1, 0.15) is 0 Å². The van der Waals surface area contributed by atoms with Crippen LogP contribution < -0.4 is 5.32 Å². The number of hydrogen-bond donors (Lipinski definition) is 1. The van der Waals surface area contributed by atoms with Crippen molar-refractivity contribution in [1.29, 1.82) is 0 Å². The summed E-state index contributed by atoms with van der Waals surface area (Å²) in [6.07, 6.45) is 3.84. The molecule has 102 valence electrons. The largest absolute Gasteiger partial charge is 0.316 e. The van der Waals surface area contributed by atoms with Crippen LogP contribution in [-0.4, -0.2) is 13.1 Å². The Bertz CT molecular complexity index is 336. The second-order valence-corrected chi connectivity index (χ2v) is 5.82. The molecule has 0 aliphatic carbocycles. The lowest BCUT2D eigenvalue weighted by molar-refractivity contribution is 0.483. The summed E-state index contributed by atoms with van der Waals surface area (Å²) in [5.41, 5.74) is 1.37. The lowest BCUT2D eigenvalue weighted by Crippen LogP contribution is -2.21. The first-order chi connectivity index (χ1) is 8.63. The molecule has 0 amide bonds. The SMILES string of the molecule is CCNCC(CCCC(C)C)c1cccc(Cl)c1. The molecule has 1 unspecified atom stereocenters. The van der Waals surface area contributed by atoms with Crippen molar-refractivity contribution in [3.63, 3.8) is 0 Å². The maximum Gasteiger partial charge on any atom is 0.0408 e. The predicted octanol–water partition coefficient (Wildman–Crippen LogP) is 4.86. The average molecular weight is 268 g/mol. The first-order valence-corrected chi connectivity index (χ1v) is 7.47. The van der Waals surface area contributed by atoms with Crippen LogP contribution in [0.3, 0.4) is 0 Å². The zero-order chi connectivity index (χ0) is 13.4. The van der Waals surface area contributed by atoms with Crippen molar-refractivity contribution in [1.82, 2.24) is 5.32 Å². The Labute approximate surface area is 117 Å². The summed E-state index contributed by atoms with van der Waals surface area (Å²) in [6.45, 7) is 8.82. The number of nitrogens with one attached hydrogen (secondary N) is 1. The van der Waals surface area contributed by atoms with Crippen LogP contribution in [0.1, 0.15) is 51.5 Å². The summed E-state index contributed by atoms with van der Waals surface area (Å²) >= 11 is 6.09. The predicted molar refractivity (Wildman–Crippen MR) is 81.4 cm³/mol. The van der Waals surface area contributed by atoms with Gasteiger partial charge in [0.05, 0.1) is 0 Å². The Morgan fingerprint density at radius 1 is 1.22 bits per heavy atom. The highest BCUT2D eigenvalue weighted by molar-refractivity contribution is 6.30. The monoisotopic (exact) mass is 267 g/mol. The molecular weight excluding hydrogens is 242 g/mol. The Hall–Kier alpha value is -0.530. The molecule has 1 nitrogen and oxygen atoms in total. The number of halogens is 1. The van der Waals surface area contributed by atoms with Gasteiger partial charge in [0.2, 0.25) is 0 Å². The van der Waals surface area contributed by atoms with Gasteiger partial charge in [-0.1, -0.05) is 57.3 Å². The molecule has 1 atom stereocenters. The Morgan fingerprint density at radius 2 is 2.00 bits per heavy atom. The van der Waals surface area contributed by atoms with Gasteiger partial charge >= 0.3 is 0 Å². The Morgan fingerprint density at radius 3 is 2.61 bits per heavy atom. The van der Waals surface area contributed by atoms with Crippen molar-refractivity contribution in [2.24, 2.45) is 5.92 Å². The van der Waals surface area contributed by atoms with Crippen LogP contribution >= 0.6 is 11.6 Å². The van der Waals surface area contributed by atoms with Gasteiger partial charge in [0.25, 0.3) is 0 Å². The van der Waals surface area contributed by atoms with Crippen molar-refractivity contribution in [2.45, 2.75) is 46.0 Å². The fourth-order valence-electron chi connectivity index (χ4n) is 2.24. The van der Waals surface area contributed by atoms with E-state index in [1.54, 1.807) is 0 Å². The molecule has 2 heteroatoms. The van der Waals surface area contributed by atoms with E-state index >= 15 is 0 Å². The highest BCUT2D eigenvalue weighted by Gasteiger charge is 2.11. The van der Waals surface area contributed by atoms with Crippen LogP contribution in [0.5, 0.6) is 0 Å². The summed E-state index contributed by atoms with van der Waals surface area (Å²) in [6, 6.07) is 8.31. The van der Waals surface area contributed by atoms with E-state index in [-0.39, 0.29) is 0 Å². The van der Waals surface area contributed by atoms with E-state index in [9.17, 15) is 0 Å². The maximum absolute atomic E-state index is 6.09. The van der Waals surface area contributed by atoms with Crippen molar-refractivity contribution < 1.29 is 0 Å². The summed E-state index contributed by atoms with van der Waals surface area (Å²) < 4.78 is 0. The van der Waals surface area contributed by atoms with Gasteiger partial charge in [-0.15, -0.1) is 0 Å². The molecule has 0 saturated heterocycles. The topological polar surface area (TPSA) is 12.0 Å². The first-order valence-electron chi connectivity index (χ1n) is 7.09. The molecule has 0 aromatic heterocycles. The summed E-state index contributed by atoms with van der Waals surface area (Å²) in [4.78, 5) is 0. The fraction of sp³-hybridized carbons (Fsp3) is 0.625. The van der Waals surface area contributed by atoms with Gasteiger partial charge in [-0.25, -0.2) is 0 Å². The quantitative estimate of drug-likeness (QED) is 0.709. The summed E-state index contributed by atoms with van der Waals surface area (Å²) in [5, 5.41) is 4.31. The van der Waals surface area contributed by atoms with Crippen molar-refractivity contribution in [2.75, 3.05) is 13.1 Å². The van der Waals surface area contributed by atoms with Gasteiger partial charge in [0, 0.05) is 11.6 Å². The second kappa shape index (κ2) is 8.55. The van der Waals surface area contributed by atoms with Crippen molar-refractivity contribution in [3.05, 3.63) is 34.9 Å². The Balaban J connectivity index is 2.59. The van der Waals surface area contributed by atoms with Crippen molar-refractivity contribution >= 4 is 11.6 Å². The van der Waals surface area contributed by atoms with Crippen LogP contribution in [0.2, 0.25) is 5.02 Å². The maximum atomic E-state index is 6.09. The molecule has 0 bridgehead atoms. The van der Waals surface area contributed by atoms with E-state index in [0.717, 1.165) is 24.0 Å². The molecule has 0 aliphatic heterocycles. The van der Waals surface area contributed by atoms with E-state index in [1.807, 2.05) is 6.07 Å². The van der Waals surface area contributed by atoms with Crippen LogP contribution in [0, 0.1) is 5.92 Å². The zero-order valence-electron chi connectivity index (χ0n) is 11.9. The van der Waals surface area contributed by atoms with Gasteiger partial charge < -0.3 is 5.32 Å². The van der Waals surface area contributed by atoms with Crippen LogP contribution in [0.4, 0.5) is 0 Å². The summed E-state index contributed by atoms with van der Waals surface area (Å²) in [5.74, 6) is 1.38. The van der Waals surface area contributed by atoms with E-state index in [1.165, 1.54) is 24.8 Å². The normalized spacial score (nSPS) is 12.9. The third-order valence-electron chi connectivity index (χ3n) is 3.29. The van der Waals surface area contributed by atoms with Crippen LogP contribution in [0.15, 0.2) is 24.3 Å². The molecule has 1 rings (SSSR count).